The Bertz CT molecular complexity index is 427. The van der Waals surface area contributed by atoms with Crippen LogP contribution in [0.1, 0.15) is 116 Å². The summed E-state index contributed by atoms with van der Waals surface area (Å²) in [5.41, 5.74) is 0. The van der Waals surface area contributed by atoms with Gasteiger partial charge in [0.25, 0.3) is 0 Å². The molecule has 2 aliphatic rings. The molecule has 0 aliphatic heterocycles. The maximum Gasteiger partial charge on any atom is -0.0233 e. The maximum atomic E-state index is 2.49. The van der Waals surface area contributed by atoms with Crippen molar-refractivity contribution in [2.45, 2.75) is 116 Å². The van der Waals surface area contributed by atoms with Crippen LogP contribution in [0.5, 0.6) is 0 Å². The van der Waals surface area contributed by atoms with Crippen molar-refractivity contribution in [1.82, 2.24) is 0 Å². The van der Waals surface area contributed by atoms with Crippen molar-refractivity contribution in [1.29, 1.82) is 0 Å². The third-order valence-electron chi connectivity index (χ3n) is 6.81. The van der Waals surface area contributed by atoms with Crippen molar-refractivity contribution < 1.29 is 0 Å². The Balaban J connectivity index is 1.57. The molecule has 0 amide bonds. The van der Waals surface area contributed by atoms with Crippen molar-refractivity contribution in [3.8, 4) is 0 Å². The molecular weight excluding hydrogens is 324 g/mol. The first-order chi connectivity index (χ1) is 13.4. The monoisotopic (exact) mass is 370 g/mol. The molecule has 0 radical (unpaired) electrons. The number of hydrogen-bond donors (Lipinski definition) is 0. The van der Waals surface area contributed by atoms with E-state index in [2.05, 4.69) is 43.4 Å². The fraction of sp³-hybridized carbons (Fsp3) is 0.778. The second-order valence-corrected chi connectivity index (χ2v) is 9.11. The van der Waals surface area contributed by atoms with E-state index >= 15 is 0 Å². The lowest BCUT2D eigenvalue weighted by molar-refractivity contribution is 0.268. The summed E-state index contributed by atoms with van der Waals surface area (Å²) in [6.45, 7) is 2.27. The van der Waals surface area contributed by atoms with Gasteiger partial charge in [-0.25, -0.2) is 0 Å². The largest absolute Gasteiger partial charge is 0.0885 e. The Hall–Kier alpha value is -0.780. The normalized spacial score (nSPS) is 23.9. The molecule has 3 atom stereocenters. The Labute approximate surface area is 170 Å². The number of unbranched alkanes of at least 4 members (excludes halogenated alkanes) is 5. The Morgan fingerprint density at radius 1 is 0.852 bits per heavy atom. The molecule has 0 heteroatoms. The highest BCUT2D eigenvalue weighted by Crippen LogP contribution is 2.33. The summed E-state index contributed by atoms with van der Waals surface area (Å²) < 4.78 is 0. The molecule has 0 aromatic heterocycles. The Morgan fingerprint density at radius 3 is 2.48 bits per heavy atom. The average molecular weight is 371 g/mol. The minimum Gasteiger partial charge on any atom is -0.0885 e. The highest BCUT2D eigenvalue weighted by Gasteiger charge is 2.20. The first-order valence-electron chi connectivity index (χ1n) is 12.4. The van der Waals surface area contributed by atoms with Gasteiger partial charge in [-0.2, -0.15) is 0 Å². The van der Waals surface area contributed by atoms with E-state index in [1.54, 1.807) is 0 Å². The number of hydrogen-bond acceptors (Lipinski definition) is 0. The predicted molar refractivity (Wildman–Crippen MR) is 122 cm³/mol. The maximum absolute atomic E-state index is 2.49. The molecule has 27 heavy (non-hydrogen) atoms. The molecule has 0 nitrogen and oxygen atoms in total. The fourth-order valence-electron chi connectivity index (χ4n) is 5.04. The second-order valence-electron chi connectivity index (χ2n) is 9.11. The highest BCUT2D eigenvalue weighted by atomic mass is 14.3. The van der Waals surface area contributed by atoms with Crippen LogP contribution in [0, 0.1) is 17.8 Å². The lowest BCUT2D eigenvalue weighted by Crippen LogP contribution is -2.16. The van der Waals surface area contributed by atoms with E-state index in [1.807, 2.05) is 0 Å². The van der Waals surface area contributed by atoms with E-state index in [0.717, 1.165) is 17.8 Å². The molecule has 2 aliphatic carbocycles. The van der Waals surface area contributed by atoms with Gasteiger partial charge in [0, 0.05) is 0 Å². The van der Waals surface area contributed by atoms with Crippen molar-refractivity contribution in [3.63, 3.8) is 0 Å². The standard InChI is InChI=1S/C27H46/c1-2-3-4-6-14-21-26(27-23-16-10-17-24-27)22-15-8-5-7-11-18-25-19-12-9-13-20-25/h4,6,10,12,16,19,25-27H,2-3,5,7-9,11,13-15,17-18,20-24H2,1H3/b6-4+. The Kier molecular flexibility index (Phi) is 12.7. The van der Waals surface area contributed by atoms with Crippen molar-refractivity contribution in [3.05, 3.63) is 36.5 Å². The van der Waals surface area contributed by atoms with Gasteiger partial charge in [-0.05, 0) is 82.0 Å². The van der Waals surface area contributed by atoms with Crippen LogP contribution in [-0.4, -0.2) is 0 Å². The number of allylic oxidation sites excluding steroid dienone is 6. The molecule has 0 bridgehead atoms. The first-order valence-corrected chi connectivity index (χ1v) is 12.4. The van der Waals surface area contributed by atoms with Crippen molar-refractivity contribution in [2.75, 3.05) is 0 Å². The molecule has 0 aromatic carbocycles. The third kappa shape index (κ3) is 10.4. The summed E-state index contributed by atoms with van der Waals surface area (Å²) in [7, 11) is 0. The van der Waals surface area contributed by atoms with E-state index < -0.39 is 0 Å². The third-order valence-corrected chi connectivity index (χ3v) is 6.81. The van der Waals surface area contributed by atoms with Gasteiger partial charge in [0.15, 0.2) is 0 Å². The van der Waals surface area contributed by atoms with Crippen molar-refractivity contribution in [2.24, 2.45) is 17.8 Å². The van der Waals surface area contributed by atoms with Crippen molar-refractivity contribution >= 4 is 0 Å². The van der Waals surface area contributed by atoms with Gasteiger partial charge < -0.3 is 0 Å². The molecule has 0 saturated carbocycles. The lowest BCUT2D eigenvalue weighted by atomic mass is 9.78. The molecule has 0 saturated heterocycles. The van der Waals surface area contributed by atoms with Crippen LogP contribution in [0.2, 0.25) is 0 Å². The summed E-state index contributed by atoms with van der Waals surface area (Å²) in [4.78, 5) is 0. The highest BCUT2D eigenvalue weighted by molar-refractivity contribution is 4.93. The van der Waals surface area contributed by atoms with E-state index in [1.165, 1.54) is 109 Å². The Morgan fingerprint density at radius 2 is 1.70 bits per heavy atom. The SMILES string of the molecule is CCC/C=C/CCC(CCCCCCCC1C=CCCC1)C1CC=CCC1. The average Bonchev–Trinajstić information content (AvgIpc) is 2.73. The van der Waals surface area contributed by atoms with E-state index in [0.29, 0.717) is 0 Å². The molecule has 0 N–H and O–H groups in total. The van der Waals surface area contributed by atoms with Gasteiger partial charge in [-0.3, -0.25) is 0 Å². The van der Waals surface area contributed by atoms with Crippen LogP contribution in [-0.2, 0) is 0 Å². The molecule has 154 valence electrons. The quantitative estimate of drug-likeness (QED) is 0.211. The van der Waals surface area contributed by atoms with Gasteiger partial charge in [-0.15, -0.1) is 0 Å². The summed E-state index contributed by atoms with van der Waals surface area (Å²) in [6.07, 6.45) is 38.4. The topological polar surface area (TPSA) is 0 Å². The minimum atomic E-state index is 0.906. The van der Waals surface area contributed by atoms with Gasteiger partial charge >= 0.3 is 0 Å². The smallest absolute Gasteiger partial charge is 0.0233 e. The van der Waals surface area contributed by atoms with Gasteiger partial charge in [-0.1, -0.05) is 88.3 Å². The first kappa shape index (κ1) is 22.5. The van der Waals surface area contributed by atoms with Gasteiger partial charge in [0.1, 0.15) is 0 Å². The molecule has 0 fully saturated rings. The molecular formula is C27H46. The molecule has 0 aromatic rings. The predicted octanol–water partition coefficient (Wildman–Crippen LogP) is 9.18. The minimum absolute atomic E-state index is 0.906. The van der Waals surface area contributed by atoms with Crippen LogP contribution in [0.3, 0.4) is 0 Å². The van der Waals surface area contributed by atoms with Gasteiger partial charge in [0.05, 0.1) is 0 Å². The van der Waals surface area contributed by atoms with Crippen LogP contribution in [0.25, 0.3) is 0 Å². The van der Waals surface area contributed by atoms with Crippen LogP contribution in [0.4, 0.5) is 0 Å². The van der Waals surface area contributed by atoms with E-state index in [-0.39, 0.29) is 0 Å². The summed E-state index contributed by atoms with van der Waals surface area (Å²) in [5.74, 6) is 2.84. The van der Waals surface area contributed by atoms with Crippen LogP contribution < -0.4 is 0 Å². The molecule has 0 heterocycles. The number of rotatable bonds is 14. The molecule has 2 rings (SSSR count). The summed E-state index contributed by atoms with van der Waals surface area (Å²) >= 11 is 0. The zero-order valence-electron chi connectivity index (χ0n) is 18.2. The van der Waals surface area contributed by atoms with Gasteiger partial charge in [0.2, 0.25) is 0 Å². The van der Waals surface area contributed by atoms with E-state index in [9.17, 15) is 0 Å². The zero-order valence-corrected chi connectivity index (χ0v) is 18.2. The van der Waals surface area contributed by atoms with E-state index in [4.69, 9.17) is 0 Å². The molecule has 0 spiro atoms. The lowest BCUT2D eigenvalue weighted by Gasteiger charge is -2.28. The summed E-state index contributed by atoms with van der Waals surface area (Å²) in [5, 5.41) is 0. The second kappa shape index (κ2) is 15.2. The fourth-order valence-corrected chi connectivity index (χ4v) is 5.04. The zero-order chi connectivity index (χ0) is 19.0. The molecule has 3 unspecified atom stereocenters. The van der Waals surface area contributed by atoms with Crippen LogP contribution in [0.15, 0.2) is 36.5 Å². The summed E-state index contributed by atoms with van der Waals surface area (Å²) in [6, 6.07) is 0. The van der Waals surface area contributed by atoms with Crippen LogP contribution >= 0.6 is 0 Å².